The highest BCUT2D eigenvalue weighted by atomic mass is 19.3. The Balaban J connectivity index is 2.43. The number of carboxylic acids is 1. The molecule has 2 aromatic rings. The Kier molecular flexibility index (Phi) is 4.30. The van der Waals surface area contributed by atoms with Gasteiger partial charge in [-0.3, -0.25) is 0 Å². The van der Waals surface area contributed by atoms with Crippen LogP contribution < -0.4 is 4.74 Å². The van der Waals surface area contributed by atoms with Gasteiger partial charge >= 0.3 is 12.6 Å². The molecule has 0 heterocycles. The number of carbonyl (C=O) groups is 1. The monoisotopic (exact) mass is 278 g/mol. The topological polar surface area (TPSA) is 46.5 Å². The molecule has 0 aliphatic carbocycles. The fraction of sp³-hybridized carbons (Fsp3) is 0.133. The summed E-state index contributed by atoms with van der Waals surface area (Å²) in [5, 5.41) is 9.16. The van der Waals surface area contributed by atoms with Gasteiger partial charge in [-0.2, -0.15) is 8.78 Å². The molecule has 0 amide bonds. The summed E-state index contributed by atoms with van der Waals surface area (Å²) in [6.07, 6.45) is 0.214. The van der Waals surface area contributed by atoms with Crippen LogP contribution in [-0.2, 0) is 6.42 Å². The molecule has 0 saturated carbocycles. The Morgan fingerprint density at radius 1 is 1.10 bits per heavy atom. The van der Waals surface area contributed by atoms with Gasteiger partial charge < -0.3 is 9.84 Å². The van der Waals surface area contributed by atoms with E-state index in [2.05, 4.69) is 4.74 Å². The van der Waals surface area contributed by atoms with E-state index in [-0.39, 0.29) is 23.3 Å². The van der Waals surface area contributed by atoms with Gasteiger partial charge in [0.05, 0.1) is 5.56 Å². The van der Waals surface area contributed by atoms with Crippen LogP contribution in [0.1, 0.15) is 21.5 Å². The second-order valence-corrected chi connectivity index (χ2v) is 4.13. The number of rotatable bonds is 5. The van der Waals surface area contributed by atoms with Crippen molar-refractivity contribution in [3.8, 4) is 5.75 Å². The van der Waals surface area contributed by atoms with Gasteiger partial charge in [0.15, 0.2) is 0 Å². The minimum atomic E-state index is -2.99. The van der Waals surface area contributed by atoms with Crippen molar-refractivity contribution in [3.63, 3.8) is 0 Å². The maximum Gasteiger partial charge on any atom is 0.387 e. The maximum absolute atomic E-state index is 12.4. The van der Waals surface area contributed by atoms with E-state index in [1.807, 2.05) is 6.07 Å². The van der Waals surface area contributed by atoms with Crippen molar-refractivity contribution >= 4 is 5.97 Å². The molecule has 0 bridgehead atoms. The van der Waals surface area contributed by atoms with Crippen molar-refractivity contribution in [1.82, 2.24) is 0 Å². The van der Waals surface area contributed by atoms with Crippen molar-refractivity contribution < 1.29 is 23.4 Å². The van der Waals surface area contributed by atoms with Crippen LogP contribution in [-0.4, -0.2) is 17.7 Å². The smallest absolute Gasteiger partial charge is 0.387 e. The molecule has 0 radical (unpaired) electrons. The first-order valence-corrected chi connectivity index (χ1v) is 5.92. The van der Waals surface area contributed by atoms with Gasteiger partial charge in [0.2, 0.25) is 0 Å². The quantitative estimate of drug-likeness (QED) is 0.909. The molecule has 0 aliphatic heterocycles. The fourth-order valence-electron chi connectivity index (χ4n) is 1.95. The zero-order valence-corrected chi connectivity index (χ0v) is 10.4. The number of ether oxygens (including phenoxy) is 1. The second kappa shape index (κ2) is 6.14. The van der Waals surface area contributed by atoms with E-state index in [0.29, 0.717) is 0 Å². The molecule has 2 aromatic carbocycles. The van der Waals surface area contributed by atoms with Crippen molar-refractivity contribution in [3.05, 3.63) is 65.2 Å². The highest BCUT2D eigenvalue weighted by molar-refractivity contribution is 5.90. The van der Waals surface area contributed by atoms with E-state index in [1.54, 1.807) is 24.3 Å². The van der Waals surface area contributed by atoms with Gasteiger partial charge in [0.1, 0.15) is 5.75 Å². The fourth-order valence-corrected chi connectivity index (χ4v) is 1.95. The van der Waals surface area contributed by atoms with E-state index in [1.165, 1.54) is 18.2 Å². The van der Waals surface area contributed by atoms with Crippen LogP contribution in [0.25, 0.3) is 0 Å². The van der Waals surface area contributed by atoms with Gasteiger partial charge in [-0.15, -0.1) is 0 Å². The van der Waals surface area contributed by atoms with Crippen LogP contribution >= 0.6 is 0 Å². The van der Waals surface area contributed by atoms with E-state index < -0.39 is 12.6 Å². The Morgan fingerprint density at radius 2 is 1.80 bits per heavy atom. The van der Waals surface area contributed by atoms with Crippen LogP contribution in [0.4, 0.5) is 8.78 Å². The Bertz CT molecular complexity index is 597. The second-order valence-electron chi connectivity index (χ2n) is 4.13. The first-order valence-electron chi connectivity index (χ1n) is 5.92. The van der Waals surface area contributed by atoms with Crippen molar-refractivity contribution in [2.45, 2.75) is 13.0 Å². The summed E-state index contributed by atoms with van der Waals surface area (Å²) >= 11 is 0. The molecule has 0 aliphatic rings. The van der Waals surface area contributed by atoms with Crippen LogP contribution in [0.5, 0.6) is 5.75 Å². The van der Waals surface area contributed by atoms with Crippen molar-refractivity contribution in [2.24, 2.45) is 0 Å². The summed E-state index contributed by atoms with van der Waals surface area (Å²) in [5.41, 5.74) is 1.03. The lowest BCUT2D eigenvalue weighted by molar-refractivity contribution is -0.0504. The van der Waals surface area contributed by atoms with E-state index in [4.69, 9.17) is 5.11 Å². The van der Waals surface area contributed by atoms with Gasteiger partial charge in [-0.25, -0.2) is 4.79 Å². The predicted octanol–water partition coefficient (Wildman–Crippen LogP) is 3.58. The third kappa shape index (κ3) is 3.32. The van der Waals surface area contributed by atoms with Crippen molar-refractivity contribution in [2.75, 3.05) is 0 Å². The molecule has 0 unspecified atom stereocenters. The summed E-state index contributed by atoms with van der Waals surface area (Å²) < 4.78 is 29.2. The number of hydrogen-bond acceptors (Lipinski definition) is 2. The minimum Gasteiger partial charge on any atom is -0.478 e. The zero-order valence-electron chi connectivity index (χ0n) is 10.4. The van der Waals surface area contributed by atoms with Gasteiger partial charge in [-0.1, -0.05) is 36.4 Å². The molecule has 0 atom stereocenters. The summed E-state index contributed by atoms with van der Waals surface area (Å²) in [6, 6.07) is 13.1. The lowest BCUT2D eigenvalue weighted by Gasteiger charge is -2.13. The predicted molar refractivity (Wildman–Crippen MR) is 69.3 cm³/mol. The maximum atomic E-state index is 12.4. The van der Waals surface area contributed by atoms with Crippen LogP contribution in [0.3, 0.4) is 0 Å². The first-order chi connectivity index (χ1) is 9.58. The molecule has 2 rings (SSSR count). The Labute approximate surface area is 114 Å². The van der Waals surface area contributed by atoms with Crippen molar-refractivity contribution in [1.29, 1.82) is 0 Å². The normalized spacial score (nSPS) is 10.6. The average Bonchev–Trinajstić information content (AvgIpc) is 2.41. The van der Waals surface area contributed by atoms with Crippen LogP contribution in [0.15, 0.2) is 48.5 Å². The van der Waals surface area contributed by atoms with Crippen LogP contribution in [0, 0.1) is 0 Å². The highest BCUT2D eigenvalue weighted by Crippen LogP contribution is 2.27. The number of hydrogen-bond donors (Lipinski definition) is 1. The molecule has 104 valence electrons. The van der Waals surface area contributed by atoms with Gasteiger partial charge in [0, 0.05) is 12.0 Å². The molecule has 5 heteroatoms. The number of halogens is 2. The number of aromatic carboxylic acids is 1. The third-order valence-corrected chi connectivity index (χ3v) is 2.80. The largest absolute Gasteiger partial charge is 0.478 e. The molecule has 0 aromatic heterocycles. The summed E-state index contributed by atoms with van der Waals surface area (Å²) in [7, 11) is 0. The number of benzene rings is 2. The SMILES string of the molecule is O=C(O)c1cccc(OC(F)F)c1Cc1ccccc1. The number of carboxylic acid groups (broad SMARTS) is 1. The summed E-state index contributed by atoms with van der Waals surface area (Å²) in [4.78, 5) is 11.2. The Hall–Kier alpha value is -2.43. The highest BCUT2D eigenvalue weighted by Gasteiger charge is 2.17. The average molecular weight is 278 g/mol. The Morgan fingerprint density at radius 3 is 2.40 bits per heavy atom. The standard InChI is InChI=1S/C15H12F2O3/c16-15(17)20-13-8-4-7-11(14(18)19)12(13)9-10-5-2-1-3-6-10/h1-8,15H,9H2,(H,18,19). The van der Waals surface area contributed by atoms with Gasteiger partial charge in [0.25, 0.3) is 0 Å². The summed E-state index contributed by atoms with van der Waals surface area (Å²) in [5.74, 6) is -1.28. The lowest BCUT2D eigenvalue weighted by Crippen LogP contribution is -2.09. The van der Waals surface area contributed by atoms with E-state index in [0.717, 1.165) is 5.56 Å². The van der Waals surface area contributed by atoms with E-state index >= 15 is 0 Å². The molecule has 0 fully saturated rings. The molecule has 0 spiro atoms. The molecular formula is C15H12F2O3. The molecule has 1 N–H and O–H groups in total. The first kappa shape index (κ1) is 14.0. The molecule has 20 heavy (non-hydrogen) atoms. The summed E-state index contributed by atoms with van der Waals surface area (Å²) in [6.45, 7) is -2.99. The number of alkyl halides is 2. The molecule has 3 nitrogen and oxygen atoms in total. The lowest BCUT2D eigenvalue weighted by atomic mass is 9.99. The van der Waals surface area contributed by atoms with E-state index in [9.17, 15) is 13.6 Å². The van der Waals surface area contributed by atoms with Gasteiger partial charge in [-0.05, 0) is 17.7 Å². The molecular weight excluding hydrogens is 266 g/mol. The third-order valence-electron chi connectivity index (χ3n) is 2.80. The minimum absolute atomic E-state index is 0.0352. The zero-order chi connectivity index (χ0) is 14.5. The van der Waals surface area contributed by atoms with Crippen LogP contribution in [0.2, 0.25) is 0 Å². The molecule has 0 saturated heterocycles.